The van der Waals surface area contributed by atoms with Crippen LogP contribution in [0.3, 0.4) is 0 Å². The Morgan fingerprint density at radius 3 is 2.23 bits per heavy atom. The number of alkyl halides is 3. The first-order valence-corrected chi connectivity index (χ1v) is 8.91. The Hall–Kier alpha value is -3.40. The van der Waals surface area contributed by atoms with Crippen LogP contribution >= 0.6 is 11.6 Å². The van der Waals surface area contributed by atoms with E-state index in [-0.39, 0.29) is 22.3 Å². The van der Waals surface area contributed by atoms with Gasteiger partial charge in [-0.2, -0.15) is 13.2 Å². The first-order valence-electron chi connectivity index (χ1n) is 8.53. The van der Waals surface area contributed by atoms with Gasteiger partial charge >= 0.3 is 11.9 Å². The molecule has 2 N–H and O–H groups in total. The molecular weight excluding hydrogens is 423 g/mol. The minimum absolute atomic E-state index is 0.0556. The van der Waals surface area contributed by atoms with E-state index in [1.165, 1.54) is 0 Å². The van der Waals surface area contributed by atoms with Crippen molar-refractivity contribution in [2.24, 2.45) is 0 Å². The van der Waals surface area contributed by atoms with Crippen LogP contribution < -0.4 is 10.6 Å². The second-order valence-corrected chi connectivity index (χ2v) is 6.84. The maximum Gasteiger partial charge on any atom is 0.416 e. The van der Waals surface area contributed by atoms with Crippen LogP contribution in [0.15, 0.2) is 42.7 Å². The Bertz CT molecular complexity index is 1120. The molecule has 0 aliphatic rings. The van der Waals surface area contributed by atoms with Gasteiger partial charge in [-0.1, -0.05) is 23.7 Å². The smallest absolute Gasteiger partial charge is 0.334 e. The van der Waals surface area contributed by atoms with Gasteiger partial charge in [-0.15, -0.1) is 0 Å². The zero-order chi connectivity index (χ0) is 22.1. The molecule has 0 saturated heterocycles. The number of aromatic nitrogens is 2. The van der Waals surface area contributed by atoms with Crippen LogP contribution in [0.1, 0.15) is 16.7 Å². The van der Waals surface area contributed by atoms with Crippen LogP contribution in [0.5, 0.6) is 0 Å². The molecule has 0 atom stereocenters. The van der Waals surface area contributed by atoms with Gasteiger partial charge < -0.3 is 10.6 Å². The number of aryl methyl sites for hydroxylation is 2. The molecule has 1 aromatic heterocycles. The number of benzene rings is 2. The number of anilines is 4. The van der Waals surface area contributed by atoms with Crippen molar-refractivity contribution in [3.05, 3.63) is 74.6 Å². The summed E-state index contributed by atoms with van der Waals surface area (Å²) >= 11 is 5.98. The number of rotatable bonds is 5. The lowest BCUT2D eigenvalue weighted by atomic mass is 10.1. The van der Waals surface area contributed by atoms with E-state index in [1.54, 1.807) is 6.07 Å². The van der Waals surface area contributed by atoms with Gasteiger partial charge in [0.25, 0.3) is 0 Å². The van der Waals surface area contributed by atoms with Crippen molar-refractivity contribution in [3.8, 4) is 0 Å². The van der Waals surface area contributed by atoms with Crippen LogP contribution in [-0.4, -0.2) is 14.9 Å². The molecule has 2 aromatic carbocycles. The normalized spacial score (nSPS) is 11.3. The molecule has 0 aliphatic heterocycles. The summed E-state index contributed by atoms with van der Waals surface area (Å²) in [6, 6.07) is 8.14. The Morgan fingerprint density at radius 2 is 1.63 bits per heavy atom. The summed E-state index contributed by atoms with van der Waals surface area (Å²) in [5.74, 6) is -0.418. The molecule has 3 rings (SSSR count). The van der Waals surface area contributed by atoms with Crippen molar-refractivity contribution in [2.75, 3.05) is 10.6 Å². The van der Waals surface area contributed by atoms with Crippen molar-refractivity contribution >= 4 is 40.3 Å². The third-order valence-electron chi connectivity index (χ3n) is 4.20. The third kappa shape index (κ3) is 4.60. The molecule has 0 saturated carbocycles. The summed E-state index contributed by atoms with van der Waals surface area (Å²) in [7, 11) is 0. The predicted octanol–water partition coefficient (Wildman–Crippen LogP) is 6.16. The molecule has 7 nitrogen and oxygen atoms in total. The fraction of sp³-hybridized carbons (Fsp3) is 0.158. The van der Waals surface area contributed by atoms with Crippen LogP contribution in [0.25, 0.3) is 0 Å². The number of hydrogen-bond donors (Lipinski definition) is 2. The first-order chi connectivity index (χ1) is 14.1. The van der Waals surface area contributed by atoms with Gasteiger partial charge in [-0.3, -0.25) is 10.1 Å². The molecule has 30 heavy (non-hydrogen) atoms. The van der Waals surface area contributed by atoms with E-state index < -0.39 is 22.4 Å². The Morgan fingerprint density at radius 1 is 1.00 bits per heavy atom. The van der Waals surface area contributed by atoms with Crippen LogP contribution in [-0.2, 0) is 6.18 Å². The Kier molecular flexibility index (Phi) is 5.79. The number of halogens is 4. The van der Waals surface area contributed by atoms with Gasteiger partial charge in [-0.05, 0) is 49.2 Å². The highest BCUT2D eigenvalue weighted by molar-refractivity contribution is 6.33. The van der Waals surface area contributed by atoms with Crippen molar-refractivity contribution in [3.63, 3.8) is 0 Å². The molecule has 0 amide bonds. The molecule has 0 aliphatic carbocycles. The van der Waals surface area contributed by atoms with Crippen LogP contribution in [0, 0.1) is 24.0 Å². The Labute approximate surface area is 174 Å². The van der Waals surface area contributed by atoms with E-state index in [0.717, 1.165) is 35.7 Å². The van der Waals surface area contributed by atoms with Crippen LogP contribution in [0.2, 0.25) is 5.02 Å². The molecule has 0 bridgehead atoms. The Balaban J connectivity index is 2.04. The number of nitrogens with zero attached hydrogens (tertiary/aromatic N) is 3. The fourth-order valence-electron chi connectivity index (χ4n) is 2.66. The van der Waals surface area contributed by atoms with Crippen molar-refractivity contribution in [1.29, 1.82) is 0 Å². The predicted molar refractivity (Wildman–Crippen MR) is 108 cm³/mol. The topological polar surface area (TPSA) is 93.0 Å². The van der Waals surface area contributed by atoms with Crippen molar-refractivity contribution < 1.29 is 18.1 Å². The maximum absolute atomic E-state index is 13.0. The highest BCUT2D eigenvalue weighted by atomic mass is 35.5. The van der Waals surface area contributed by atoms with Gasteiger partial charge in [0.1, 0.15) is 6.33 Å². The van der Waals surface area contributed by atoms with E-state index in [2.05, 4.69) is 20.6 Å². The molecule has 11 heteroatoms. The van der Waals surface area contributed by atoms with Crippen LogP contribution in [0.4, 0.5) is 41.9 Å². The van der Waals surface area contributed by atoms with Crippen molar-refractivity contribution in [1.82, 2.24) is 9.97 Å². The van der Waals surface area contributed by atoms with Gasteiger partial charge in [0.15, 0.2) is 0 Å². The quantitative estimate of drug-likeness (QED) is 0.366. The molecule has 0 radical (unpaired) electrons. The number of hydrogen-bond acceptors (Lipinski definition) is 6. The summed E-state index contributed by atoms with van der Waals surface area (Å²) in [6.45, 7) is 3.68. The number of nitrogens with one attached hydrogen (secondary N) is 2. The van der Waals surface area contributed by atoms with E-state index in [1.807, 2.05) is 26.0 Å². The molecule has 0 unspecified atom stereocenters. The lowest BCUT2D eigenvalue weighted by Crippen LogP contribution is -2.08. The standard InChI is InChI=1S/C19H15ClF3N5O2/c1-10-3-4-11(2)14(7-10)26-17-16(28(29)30)18(25-9-24-17)27-15-8-12(19(21,22)23)5-6-13(15)20/h3-9H,1-2H3,(H2,24,25,26,27). The monoisotopic (exact) mass is 437 g/mol. The molecule has 3 aromatic rings. The average molecular weight is 438 g/mol. The summed E-state index contributed by atoms with van der Waals surface area (Å²) in [5, 5.41) is 17.1. The number of nitro groups is 1. The molecule has 156 valence electrons. The molecular formula is C19H15ClF3N5O2. The highest BCUT2D eigenvalue weighted by Gasteiger charge is 2.31. The van der Waals surface area contributed by atoms with Gasteiger partial charge in [-0.25, -0.2) is 9.97 Å². The van der Waals surface area contributed by atoms with E-state index in [0.29, 0.717) is 5.69 Å². The van der Waals surface area contributed by atoms with Gasteiger partial charge in [0, 0.05) is 5.69 Å². The van der Waals surface area contributed by atoms with E-state index in [4.69, 9.17) is 11.6 Å². The zero-order valence-corrected chi connectivity index (χ0v) is 16.5. The summed E-state index contributed by atoms with van der Waals surface area (Å²) in [6.07, 6.45) is -3.54. The van der Waals surface area contributed by atoms with Gasteiger partial charge in [0.2, 0.25) is 11.6 Å². The summed E-state index contributed by atoms with van der Waals surface area (Å²) in [5.41, 5.74) is 0.676. The molecule has 0 fully saturated rings. The third-order valence-corrected chi connectivity index (χ3v) is 4.53. The largest absolute Gasteiger partial charge is 0.416 e. The summed E-state index contributed by atoms with van der Waals surface area (Å²) < 4.78 is 39.0. The second-order valence-electron chi connectivity index (χ2n) is 6.44. The summed E-state index contributed by atoms with van der Waals surface area (Å²) in [4.78, 5) is 18.8. The van der Waals surface area contributed by atoms with E-state index >= 15 is 0 Å². The zero-order valence-electron chi connectivity index (χ0n) is 15.7. The maximum atomic E-state index is 13.0. The van der Waals surface area contributed by atoms with Crippen molar-refractivity contribution in [2.45, 2.75) is 20.0 Å². The second kappa shape index (κ2) is 8.15. The highest BCUT2D eigenvalue weighted by Crippen LogP contribution is 2.38. The minimum atomic E-state index is -4.60. The van der Waals surface area contributed by atoms with E-state index in [9.17, 15) is 23.3 Å². The lowest BCUT2D eigenvalue weighted by Gasteiger charge is -2.14. The fourth-order valence-corrected chi connectivity index (χ4v) is 2.82. The van der Waals surface area contributed by atoms with Gasteiger partial charge in [0.05, 0.1) is 21.2 Å². The SMILES string of the molecule is Cc1ccc(C)c(Nc2ncnc(Nc3cc(C(F)(F)F)ccc3Cl)c2[N+](=O)[O-])c1. The lowest BCUT2D eigenvalue weighted by molar-refractivity contribution is -0.383. The molecule has 1 heterocycles. The first kappa shape index (κ1) is 21.3. The minimum Gasteiger partial charge on any atom is -0.334 e. The molecule has 0 spiro atoms. The average Bonchev–Trinajstić information content (AvgIpc) is 2.65.